The van der Waals surface area contributed by atoms with Crippen molar-refractivity contribution in [3.8, 4) is 0 Å². The molecule has 1 atom stereocenters. The van der Waals surface area contributed by atoms with Gasteiger partial charge < -0.3 is 15.0 Å². The van der Waals surface area contributed by atoms with Crippen LogP contribution in [-0.2, 0) is 4.74 Å². The van der Waals surface area contributed by atoms with Gasteiger partial charge in [-0.3, -0.25) is 4.79 Å². The molecule has 1 amide bonds. The van der Waals surface area contributed by atoms with E-state index in [9.17, 15) is 4.79 Å². The first-order valence-electron chi connectivity index (χ1n) is 7.49. The number of nitrogens with zero attached hydrogens (tertiary/aromatic N) is 1. The molecule has 0 spiro atoms. The van der Waals surface area contributed by atoms with E-state index in [1.807, 2.05) is 42.5 Å². The van der Waals surface area contributed by atoms with Gasteiger partial charge in [0.25, 0.3) is 5.91 Å². The standard InChI is InChI=1S/C18H20N2O2/c1-20-11-12-22-17(13-20)14-7-9-16(10-8-14)19-18(21)15-5-3-2-4-6-15/h2-10,17H,11-13H2,1H3,(H,19,21). The van der Waals surface area contributed by atoms with Crippen LogP contribution in [0.3, 0.4) is 0 Å². The zero-order valence-electron chi connectivity index (χ0n) is 12.7. The van der Waals surface area contributed by atoms with Gasteiger partial charge in [0.05, 0.1) is 12.7 Å². The van der Waals surface area contributed by atoms with Gasteiger partial charge in [0.1, 0.15) is 0 Å². The highest BCUT2D eigenvalue weighted by molar-refractivity contribution is 6.04. The van der Waals surface area contributed by atoms with Crippen LogP contribution < -0.4 is 5.32 Å². The van der Waals surface area contributed by atoms with Gasteiger partial charge in [0.2, 0.25) is 0 Å². The fraction of sp³-hybridized carbons (Fsp3) is 0.278. The highest BCUT2D eigenvalue weighted by atomic mass is 16.5. The van der Waals surface area contributed by atoms with Crippen molar-refractivity contribution in [2.24, 2.45) is 0 Å². The summed E-state index contributed by atoms with van der Waals surface area (Å²) in [5.74, 6) is -0.0954. The summed E-state index contributed by atoms with van der Waals surface area (Å²) >= 11 is 0. The van der Waals surface area contributed by atoms with Crippen LogP contribution in [0.5, 0.6) is 0 Å². The molecular weight excluding hydrogens is 276 g/mol. The lowest BCUT2D eigenvalue weighted by Gasteiger charge is -2.30. The predicted molar refractivity (Wildman–Crippen MR) is 87.0 cm³/mol. The third kappa shape index (κ3) is 3.53. The van der Waals surface area contributed by atoms with E-state index in [0.717, 1.165) is 30.9 Å². The van der Waals surface area contributed by atoms with Crippen molar-refractivity contribution >= 4 is 11.6 Å². The number of hydrogen-bond acceptors (Lipinski definition) is 3. The summed E-state index contributed by atoms with van der Waals surface area (Å²) in [5, 5.41) is 2.91. The lowest BCUT2D eigenvalue weighted by Crippen LogP contribution is -2.35. The molecule has 0 aliphatic carbocycles. The van der Waals surface area contributed by atoms with E-state index in [1.165, 1.54) is 0 Å². The van der Waals surface area contributed by atoms with Crippen LogP contribution in [0.2, 0.25) is 0 Å². The first kappa shape index (κ1) is 14.8. The number of amides is 1. The Kier molecular flexibility index (Phi) is 4.51. The molecule has 2 aromatic carbocycles. The molecule has 22 heavy (non-hydrogen) atoms. The zero-order chi connectivity index (χ0) is 15.4. The fourth-order valence-electron chi connectivity index (χ4n) is 2.55. The van der Waals surface area contributed by atoms with E-state index in [2.05, 4.69) is 17.3 Å². The van der Waals surface area contributed by atoms with Gasteiger partial charge in [-0.05, 0) is 36.9 Å². The number of hydrogen-bond donors (Lipinski definition) is 1. The molecule has 1 aliphatic rings. The number of morpholine rings is 1. The maximum Gasteiger partial charge on any atom is 0.255 e. The number of anilines is 1. The van der Waals surface area contributed by atoms with Crippen LogP contribution in [0, 0.1) is 0 Å². The molecule has 4 nitrogen and oxygen atoms in total. The van der Waals surface area contributed by atoms with E-state index in [0.29, 0.717) is 5.56 Å². The molecule has 3 rings (SSSR count). The molecular formula is C18H20N2O2. The fourth-order valence-corrected chi connectivity index (χ4v) is 2.55. The molecule has 114 valence electrons. The topological polar surface area (TPSA) is 41.6 Å². The lowest BCUT2D eigenvalue weighted by atomic mass is 10.1. The molecule has 1 saturated heterocycles. The minimum absolute atomic E-state index is 0.0954. The second kappa shape index (κ2) is 6.73. The maximum atomic E-state index is 12.1. The highest BCUT2D eigenvalue weighted by Crippen LogP contribution is 2.23. The van der Waals surface area contributed by atoms with E-state index in [-0.39, 0.29) is 12.0 Å². The number of nitrogens with one attached hydrogen (secondary N) is 1. The monoisotopic (exact) mass is 296 g/mol. The Bertz CT molecular complexity index is 625. The average molecular weight is 296 g/mol. The van der Waals surface area contributed by atoms with Crippen molar-refractivity contribution in [3.05, 3.63) is 65.7 Å². The molecule has 0 radical (unpaired) electrons. The summed E-state index contributed by atoms with van der Waals surface area (Å²) in [6, 6.07) is 17.1. The molecule has 0 aromatic heterocycles. The summed E-state index contributed by atoms with van der Waals surface area (Å²) in [4.78, 5) is 14.4. The summed E-state index contributed by atoms with van der Waals surface area (Å²) in [7, 11) is 2.10. The van der Waals surface area contributed by atoms with Crippen molar-refractivity contribution < 1.29 is 9.53 Å². The van der Waals surface area contributed by atoms with Crippen molar-refractivity contribution in [2.45, 2.75) is 6.10 Å². The van der Waals surface area contributed by atoms with Crippen LogP contribution in [0.4, 0.5) is 5.69 Å². The van der Waals surface area contributed by atoms with E-state index in [4.69, 9.17) is 4.74 Å². The number of ether oxygens (including phenoxy) is 1. The van der Waals surface area contributed by atoms with E-state index in [1.54, 1.807) is 12.1 Å². The zero-order valence-corrected chi connectivity index (χ0v) is 12.7. The largest absolute Gasteiger partial charge is 0.371 e. The third-order valence-electron chi connectivity index (χ3n) is 3.85. The van der Waals surface area contributed by atoms with Gasteiger partial charge in [0, 0.05) is 24.3 Å². The number of likely N-dealkylation sites (N-methyl/N-ethyl adjacent to an activating group) is 1. The summed E-state index contributed by atoms with van der Waals surface area (Å²) in [6.45, 7) is 2.63. The summed E-state index contributed by atoms with van der Waals surface area (Å²) in [6.07, 6.45) is 0.109. The number of benzene rings is 2. The second-order valence-electron chi connectivity index (χ2n) is 5.56. The van der Waals surface area contributed by atoms with Gasteiger partial charge in [-0.1, -0.05) is 30.3 Å². The van der Waals surface area contributed by atoms with Gasteiger partial charge in [-0.25, -0.2) is 0 Å². The van der Waals surface area contributed by atoms with E-state index >= 15 is 0 Å². The minimum atomic E-state index is -0.0954. The molecule has 1 unspecified atom stereocenters. The average Bonchev–Trinajstić information content (AvgIpc) is 2.56. The first-order valence-corrected chi connectivity index (χ1v) is 7.49. The van der Waals surface area contributed by atoms with Crippen molar-refractivity contribution in [1.82, 2.24) is 4.90 Å². The molecule has 1 heterocycles. The summed E-state index contributed by atoms with van der Waals surface area (Å²) < 4.78 is 5.80. The Morgan fingerprint density at radius 1 is 1.14 bits per heavy atom. The lowest BCUT2D eigenvalue weighted by molar-refractivity contribution is -0.0208. The quantitative estimate of drug-likeness (QED) is 0.947. The number of rotatable bonds is 3. The van der Waals surface area contributed by atoms with Crippen LogP contribution in [0.25, 0.3) is 0 Å². The molecule has 1 N–H and O–H groups in total. The van der Waals surface area contributed by atoms with Crippen molar-refractivity contribution in [3.63, 3.8) is 0 Å². The van der Waals surface area contributed by atoms with E-state index < -0.39 is 0 Å². The number of carbonyl (C=O) groups is 1. The Balaban J connectivity index is 1.65. The molecule has 2 aromatic rings. The highest BCUT2D eigenvalue weighted by Gasteiger charge is 2.19. The van der Waals surface area contributed by atoms with Crippen molar-refractivity contribution in [1.29, 1.82) is 0 Å². The maximum absolute atomic E-state index is 12.1. The summed E-state index contributed by atoms with van der Waals surface area (Å²) in [5.41, 5.74) is 2.59. The Hall–Kier alpha value is -2.17. The SMILES string of the molecule is CN1CCOC(c2ccc(NC(=O)c3ccccc3)cc2)C1. The number of carbonyl (C=O) groups excluding carboxylic acids is 1. The van der Waals surface area contributed by atoms with Gasteiger partial charge in [0.15, 0.2) is 0 Å². The molecule has 1 fully saturated rings. The first-order chi connectivity index (χ1) is 10.7. The molecule has 0 bridgehead atoms. The Morgan fingerprint density at radius 3 is 2.55 bits per heavy atom. The third-order valence-corrected chi connectivity index (χ3v) is 3.85. The molecule has 4 heteroatoms. The van der Waals surface area contributed by atoms with Crippen LogP contribution in [0.1, 0.15) is 22.0 Å². The Labute approximate surface area is 130 Å². The minimum Gasteiger partial charge on any atom is -0.371 e. The van der Waals surface area contributed by atoms with Gasteiger partial charge in [-0.15, -0.1) is 0 Å². The smallest absolute Gasteiger partial charge is 0.255 e. The Morgan fingerprint density at radius 2 is 1.86 bits per heavy atom. The van der Waals surface area contributed by atoms with Crippen LogP contribution in [-0.4, -0.2) is 37.6 Å². The van der Waals surface area contributed by atoms with Crippen molar-refractivity contribution in [2.75, 3.05) is 32.1 Å². The molecule has 0 saturated carbocycles. The predicted octanol–water partition coefficient (Wildman–Crippen LogP) is 2.94. The normalized spacial score (nSPS) is 18.9. The second-order valence-corrected chi connectivity index (χ2v) is 5.56. The molecule has 1 aliphatic heterocycles. The van der Waals surface area contributed by atoms with Crippen LogP contribution in [0.15, 0.2) is 54.6 Å². The van der Waals surface area contributed by atoms with Gasteiger partial charge >= 0.3 is 0 Å². The van der Waals surface area contributed by atoms with Gasteiger partial charge in [-0.2, -0.15) is 0 Å². The van der Waals surface area contributed by atoms with Crippen LogP contribution >= 0.6 is 0 Å².